The highest BCUT2D eigenvalue weighted by molar-refractivity contribution is 6.33. The van der Waals surface area contributed by atoms with Gasteiger partial charge in [-0.1, -0.05) is 36.7 Å². The Balaban J connectivity index is 1.83. The van der Waals surface area contributed by atoms with Gasteiger partial charge in [0.25, 0.3) is 0 Å². The zero-order chi connectivity index (χ0) is 13.4. The van der Waals surface area contributed by atoms with Crippen molar-refractivity contribution in [3.05, 3.63) is 35.4 Å². The molecule has 0 atom stereocenters. The largest absolute Gasteiger partial charge is 0.384 e. The van der Waals surface area contributed by atoms with Gasteiger partial charge in [0, 0.05) is 18.2 Å². The summed E-state index contributed by atoms with van der Waals surface area (Å²) in [5.41, 5.74) is 7.85. The van der Waals surface area contributed by atoms with E-state index in [2.05, 4.69) is 12.0 Å². The van der Waals surface area contributed by atoms with Gasteiger partial charge in [-0.15, -0.1) is 0 Å². The molecule has 0 bridgehead atoms. The van der Waals surface area contributed by atoms with Gasteiger partial charge in [-0.2, -0.15) is 5.10 Å². The average molecular weight is 276 g/mol. The van der Waals surface area contributed by atoms with Crippen LogP contribution in [0.1, 0.15) is 19.8 Å². The van der Waals surface area contributed by atoms with Crippen LogP contribution in [0.4, 0.5) is 5.82 Å². The van der Waals surface area contributed by atoms with E-state index in [1.807, 2.05) is 35.0 Å². The van der Waals surface area contributed by atoms with Crippen LogP contribution in [0.2, 0.25) is 5.02 Å². The molecule has 0 radical (unpaired) electrons. The van der Waals surface area contributed by atoms with E-state index in [4.69, 9.17) is 17.3 Å². The first-order chi connectivity index (χ1) is 9.13. The Morgan fingerprint density at radius 3 is 2.79 bits per heavy atom. The summed E-state index contributed by atoms with van der Waals surface area (Å²) in [6.07, 6.45) is 2.56. The number of nitrogens with two attached hydrogens (primary N) is 1. The number of hydrogen-bond donors (Lipinski definition) is 1. The van der Waals surface area contributed by atoms with Gasteiger partial charge in [0.2, 0.25) is 0 Å². The summed E-state index contributed by atoms with van der Waals surface area (Å²) in [4.78, 5) is 0. The molecule has 3 rings (SSSR count). The number of aromatic nitrogens is 2. The van der Waals surface area contributed by atoms with E-state index in [1.165, 1.54) is 12.8 Å². The van der Waals surface area contributed by atoms with E-state index < -0.39 is 0 Å². The Morgan fingerprint density at radius 1 is 1.37 bits per heavy atom. The molecule has 1 aliphatic rings. The van der Waals surface area contributed by atoms with Crippen molar-refractivity contribution in [2.75, 3.05) is 5.73 Å². The van der Waals surface area contributed by atoms with Crippen molar-refractivity contribution in [2.45, 2.75) is 26.3 Å². The van der Waals surface area contributed by atoms with Gasteiger partial charge in [-0.05, 0) is 30.7 Å². The lowest BCUT2D eigenvalue weighted by Gasteiger charge is -2.32. The second kappa shape index (κ2) is 4.89. The number of anilines is 1. The van der Waals surface area contributed by atoms with Crippen LogP contribution in [0.25, 0.3) is 11.3 Å². The van der Waals surface area contributed by atoms with Crippen LogP contribution >= 0.6 is 11.6 Å². The SMILES string of the molecule is CC1CC(Cn2nc(-c3ccccc3Cl)cc2N)C1. The molecule has 0 saturated heterocycles. The molecule has 1 fully saturated rings. The highest BCUT2D eigenvalue weighted by Gasteiger charge is 2.26. The van der Waals surface area contributed by atoms with E-state index in [0.717, 1.165) is 35.5 Å². The standard InChI is InChI=1S/C15H18ClN3/c1-10-6-11(7-10)9-19-15(17)8-14(18-19)12-4-2-3-5-13(12)16/h2-5,8,10-11H,6-7,9,17H2,1H3. The van der Waals surface area contributed by atoms with Crippen LogP contribution in [0.15, 0.2) is 30.3 Å². The molecule has 1 heterocycles. The maximum atomic E-state index is 6.19. The molecule has 1 aromatic carbocycles. The highest BCUT2D eigenvalue weighted by Crippen LogP contribution is 2.35. The Hall–Kier alpha value is -1.48. The normalized spacial score (nSPS) is 22.2. The molecule has 0 aliphatic heterocycles. The Kier molecular flexibility index (Phi) is 3.23. The molecule has 19 heavy (non-hydrogen) atoms. The molecule has 0 amide bonds. The van der Waals surface area contributed by atoms with Gasteiger partial charge in [0.05, 0.1) is 10.7 Å². The second-order valence-electron chi connectivity index (χ2n) is 5.56. The molecule has 3 nitrogen and oxygen atoms in total. The van der Waals surface area contributed by atoms with Gasteiger partial charge < -0.3 is 5.73 Å². The van der Waals surface area contributed by atoms with Crippen molar-refractivity contribution in [1.29, 1.82) is 0 Å². The molecule has 2 N–H and O–H groups in total. The number of nitrogens with zero attached hydrogens (tertiary/aromatic N) is 2. The molecule has 2 aromatic rings. The number of halogens is 1. The summed E-state index contributed by atoms with van der Waals surface area (Å²) in [6.45, 7) is 3.21. The van der Waals surface area contributed by atoms with Crippen molar-refractivity contribution in [2.24, 2.45) is 11.8 Å². The number of nitrogen functional groups attached to an aromatic ring is 1. The van der Waals surface area contributed by atoms with Crippen LogP contribution in [0.3, 0.4) is 0 Å². The van der Waals surface area contributed by atoms with Crippen molar-refractivity contribution >= 4 is 17.4 Å². The maximum Gasteiger partial charge on any atom is 0.122 e. The lowest BCUT2D eigenvalue weighted by molar-refractivity contribution is 0.183. The second-order valence-corrected chi connectivity index (χ2v) is 5.97. The van der Waals surface area contributed by atoms with Gasteiger partial charge >= 0.3 is 0 Å². The van der Waals surface area contributed by atoms with E-state index >= 15 is 0 Å². The highest BCUT2D eigenvalue weighted by atomic mass is 35.5. The molecule has 100 valence electrons. The van der Waals surface area contributed by atoms with E-state index in [-0.39, 0.29) is 0 Å². The predicted molar refractivity (Wildman–Crippen MR) is 79.0 cm³/mol. The quantitative estimate of drug-likeness (QED) is 0.925. The van der Waals surface area contributed by atoms with Crippen LogP contribution in [0, 0.1) is 11.8 Å². The average Bonchev–Trinajstić information content (AvgIpc) is 2.69. The minimum absolute atomic E-state index is 0.712. The molecular formula is C15H18ClN3. The molecule has 0 unspecified atom stereocenters. The first-order valence-corrected chi connectivity index (χ1v) is 7.09. The van der Waals surface area contributed by atoms with E-state index in [9.17, 15) is 0 Å². The lowest BCUT2D eigenvalue weighted by atomic mass is 9.76. The van der Waals surface area contributed by atoms with Crippen molar-refractivity contribution in [1.82, 2.24) is 9.78 Å². The van der Waals surface area contributed by atoms with E-state index in [0.29, 0.717) is 5.02 Å². The molecule has 1 aromatic heterocycles. The van der Waals surface area contributed by atoms with Crippen molar-refractivity contribution in [3.8, 4) is 11.3 Å². The van der Waals surface area contributed by atoms with Gasteiger partial charge in [-0.25, -0.2) is 4.68 Å². The minimum atomic E-state index is 0.712. The fourth-order valence-electron chi connectivity index (χ4n) is 2.84. The third-order valence-corrected chi connectivity index (χ3v) is 4.19. The van der Waals surface area contributed by atoms with Crippen LogP contribution < -0.4 is 5.73 Å². The third kappa shape index (κ3) is 2.47. The van der Waals surface area contributed by atoms with Gasteiger partial charge in [-0.3, -0.25) is 0 Å². The van der Waals surface area contributed by atoms with Crippen LogP contribution in [-0.2, 0) is 6.54 Å². The summed E-state index contributed by atoms with van der Waals surface area (Å²) in [6, 6.07) is 9.63. The summed E-state index contributed by atoms with van der Waals surface area (Å²) in [7, 11) is 0. The fraction of sp³-hybridized carbons (Fsp3) is 0.400. The summed E-state index contributed by atoms with van der Waals surface area (Å²) < 4.78 is 1.91. The van der Waals surface area contributed by atoms with Crippen LogP contribution in [0.5, 0.6) is 0 Å². The van der Waals surface area contributed by atoms with Gasteiger partial charge in [0.1, 0.15) is 5.82 Å². The zero-order valence-corrected chi connectivity index (χ0v) is 11.8. The molecule has 4 heteroatoms. The molecule has 0 spiro atoms. The molecule has 1 aliphatic carbocycles. The number of rotatable bonds is 3. The molecular weight excluding hydrogens is 258 g/mol. The summed E-state index contributed by atoms with van der Waals surface area (Å²) in [5.74, 6) is 2.29. The lowest BCUT2D eigenvalue weighted by Crippen LogP contribution is -2.26. The number of hydrogen-bond acceptors (Lipinski definition) is 2. The topological polar surface area (TPSA) is 43.8 Å². The number of benzene rings is 1. The van der Waals surface area contributed by atoms with Crippen molar-refractivity contribution in [3.63, 3.8) is 0 Å². The summed E-state index contributed by atoms with van der Waals surface area (Å²) in [5, 5.41) is 5.31. The monoisotopic (exact) mass is 275 g/mol. The van der Waals surface area contributed by atoms with Gasteiger partial charge in [0.15, 0.2) is 0 Å². The molecule has 1 saturated carbocycles. The third-order valence-electron chi connectivity index (χ3n) is 3.86. The zero-order valence-electron chi connectivity index (χ0n) is 11.0. The van der Waals surface area contributed by atoms with Crippen LogP contribution in [-0.4, -0.2) is 9.78 Å². The van der Waals surface area contributed by atoms with Crippen molar-refractivity contribution < 1.29 is 0 Å². The minimum Gasteiger partial charge on any atom is -0.384 e. The predicted octanol–water partition coefficient (Wildman–Crippen LogP) is 3.83. The maximum absolute atomic E-state index is 6.19. The summed E-state index contributed by atoms with van der Waals surface area (Å²) >= 11 is 6.19. The Bertz CT molecular complexity index is 585. The first kappa shape index (κ1) is 12.5. The smallest absolute Gasteiger partial charge is 0.122 e. The fourth-order valence-corrected chi connectivity index (χ4v) is 3.07. The van der Waals surface area contributed by atoms with E-state index in [1.54, 1.807) is 0 Å². The Labute approximate surface area is 118 Å². The first-order valence-electron chi connectivity index (χ1n) is 6.71. The Morgan fingerprint density at radius 2 is 2.11 bits per heavy atom.